The fourth-order valence-corrected chi connectivity index (χ4v) is 5.53. The van der Waals surface area contributed by atoms with E-state index in [1.165, 1.54) is 0 Å². The molecule has 0 bridgehead atoms. The summed E-state index contributed by atoms with van der Waals surface area (Å²) in [5, 5.41) is 3.87. The predicted octanol–water partition coefficient (Wildman–Crippen LogP) is 2.05. The van der Waals surface area contributed by atoms with E-state index in [1.54, 1.807) is 16.4 Å². The number of piperazine rings is 1. The number of carbonyl (C=O) groups is 1. The van der Waals surface area contributed by atoms with E-state index in [-0.39, 0.29) is 12.3 Å². The van der Waals surface area contributed by atoms with Gasteiger partial charge in [0.15, 0.2) is 5.78 Å². The molecule has 0 saturated carbocycles. The number of ketones is 1. The molecule has 2 aliphatic heterocycles. The zero-order chi connectivity index (χ0) is 21.6. The van der Waals surface area contributed by atoms with Crippen molar-refractivity contribution in [2.45, 2.75) is 18.4 Å². The Morgan fingerprint density at radius 2 is 1.74 bits per heavy atom. The van der Waals surface area contributed by atoms with E-state index in [1.807, 2.05) is 37.3 Å². The largest absolute Gasteiger partial charge is 0.362 e. The summed E-state index contributed by atoms with van der Waals surface area (Å²) in [5.74, 6) is 1.40. The van der Waals surface area contributed by atoms with Gasteiger partial charge in [-0.05, 0) is 25.1 Å². The van der Waals surface area contributed by atoms with Crippen LogP contribution in [-0.2, 0) is 16.6 Å². The van der Waals surface area contributed by atoms with Crippen LogP contribution in [0, 0.1) is 6.92 Å². The smallest absolute Gasteiger partial charge is 0.243 e. The van der Waals surface area contributed by atoms with Gasteiger partial charge in [-0.1, -0.05) is 29.8 Å². The number of anilines is 1. The van der Waals surface area contributed by atoms with Crippen molar-refractivity contribution < 1.29 is 13.2 Å². The standard InChI is InChI=1S/C22H23N5O3S/c1-15-5-7-16(8-6-15)31(29,30)27-11-9-26(10-12-27)14-20-24-18-4-2-3-17-19(28)13-23-22(25-20)21(17)18/h2-8H,9-14H2,1H3,(H,23,24,25). The summed E-state index contributed by atoms with van der Waals surface area (Å²) in [6.07, 6.45) is 0. The number of benzene rings is 2. The van der Waals surface area contributed by atoms with Gasteiger partial charge in [0.1, 0.15) is 11.6 Å². The molecule has 1 saturated heterocycles. The first-order valence-corrected chi connectivity index (χ1v) is 11.7. The van der Waals surface area contributed by atoms with E-state index in [9.17, 15) is 13.2 Å². The Hall–Kier alpha value is -2.88. The number of sulfonamides is 1. The SMILES string of the molecule is Cc1ccc(S(=O)(=O)N2CCN(Cc3nc4c5c(cccc5n3)C(=O)CN4)CC2)cc1. The van der Waals surface area contributed by atoms with Crippen LogP contribution in [0.5, 0.6) is 0 Å². The second-order valence-electron chi connectivity index (χ2n) is 7.96. The molecule has 31 heavy (non-hydrogen) atoms. The van der Waals surface area contributed by atoms with Crippen molar-refractivity contribution in [2.24, 2.45) is 0 Å². The Morgan fingerprint density at radius 3 is 2.48 bits per heavy atom. The van der Waals surface area contributed by atoms with E-state index < -0.39 is 10.0 Å². The molecule has 2 aliphatic rings. The second-order valence-corrected chi connectivity index (χ2v) is 9.90. The van der Waals surface area contributed by atoms with Gasteiger partial charge in [0.25, 0.3) is 0 Å². The molecule has 3 aromatic rings. The first-order valence-electron chi connectivity index (χ1n) is 10.3. The minimum absolute atomic E-state index is 0.0420. The summed E-state index contributed by atoms with van der Waals surface area (Å²) in [7, 11) is -3.48. The van der Waals surface area contributed by atoms with Crippen LogP contribution >= 0.6 is 0 Å². The maximum Gasteiger partial charge on any atom is 0.243 e. The Morgan fingerprint density at radius 1 is 1.00 bits per heavy atom. The minimum Gasteiger partial charge on any atom is -0.362 e. The summed E-state index contributed by atoms with van der Waals surface area (Å²) in [4.78, 5) is 23.9. The maximum absolute atomic E-state index is 12.9. The second kappa shape index (κ2) is 7.67. The molecule has 0 amide bonds. The highest BCUT2D eigenvalue weighted by atomic mass is 32.2. The number of carbonyl (C=O) groups excluding carboxylic acids is 1. The van der Waals surface area contributed by atoms with Crippen molar-refractivity contribution in [3.05, 3.63) is 59.4 Å². The molecule has 8 nitrogen and oxygen atoms in total. The van der Waals surface area contributed by atoms with Gasteiger partial charge in [0.2, 0.25) is 10.0 Å². The zero-order valence-electron chi connectivity index (χ0n) is 17.2. The number of nitrogens with one attached hydrogen (secondary N) is 1. The number of rotatable bonds is 4. The molecule has 1 fully saturated rings. The summed E-state index contributed by atoms with van der Waals surface area (Å²) >= 11 is 0. The van der Waals surface area contributed by atoms with Crippen LogP contribution in [0.2, 0.25) is 0 Å². The van der Waals surface area contributed by atoms with Crippen molar-refractivity contribution in [3.63, 3.8) is 0 Å². The fourth-order valence-electron chi connectivity index (χ4n) is 4.11. The lowest BCUT2D eigenvalue weighted by molar-refractivity contribution is 0.101. The van der Waals surface area contributed by atoms with Crippen LogP contribution in [0.4, 0.5) is 5.82 Å². The normalized spacial score (nSPS) is 17.6. The van der Waals surface area contributed by atoms with Gasteiger partial charge in [-0.25, -0.2) is 18.4 Å². The zero-order valence-corrected chi connectivity index (χ0v) is 18.0. The lowest BCUT2D eigenvalue weighted by atomic mass is 10.0. The molecule has 1 N–H and O–H groups in total. The Labute approximate surface area is 181 Å². The van der Waals surface area contributed by atoms with Crippen molar-refractivity contribution in [1.82, 2.24) is 19.2 Å². The molecule has 0 radical (unpaired) electrons. The van der Waals surface area contributed by atoms with E-state index in [4.69, 9.17) is 0 Å². The summed E-state index contributed by atoms with van der Waals surface area (Å²) < 4.78 is 27.4. The first-order chi connectivity index (χ1) is 14.9. The quantitative estimate of drug-likeness (QED) is 0.667. The first kappa shape index (κ1) is 20.0. The molecule has 1 aromatic heterocycles. The number of Topliss-reactive ketones (excluding diaryl/α,β-unsaturated/α-hetero) is 1. The van der Waals surface area contributed by atoms with Gasteiger partial charge in [-0.3, -0.25) is 9.69 Å². The van der Waals surface area contributed by atoms with Crippen molar-refractivity contribution >= 4 is 32.5 Å². The highest BCUT2D eigenvalue weighted by molar-refractivity contribution is 7.89. The van der Waals surface area contributed by atoms with Crippen LogP contribution in [0.3, 0.4) is 0 Å². The molecule has 5 rings (SSSR count). The third kappa shape index (κ3) is 3.69. The molecule has 2 aromatic carbocycles. The lowest BCUT2D eigenvalue weighted by Gasteiger charge is -2.33. The average molecular weight is 438 g/mol. The number of hydrogen-bond acceptors (Lipinski definition) is 7. The summed E-state index contributed by atoms with van der Waals surface area (Å²) in [6, 6.07) is 12.5. The Balaban J connectivity index is 1.31. The summed E-state index contributed by atoms with van der Waals surface area (Å²) in [5.41, 5.74) is 2.44. The van der Waals surface area contributed by atoms with Gasteiger partial charge < -0.3 is 5.32 Å². The molecular formula is C22H23N5O3S. The van der Waals surface area contributed by atoms with Crippen LogP contribution in [0.1, 0.15) is 21.7 Å². The van der Waals surface area contributed by atoms with Crippen molar-refractivity contribution in [1.29, 1.82) is 0 Å². The monoisotopic (exact) mass is 437 g/mol. The number of aryl methyl sites for hydroxylation is 1. The van der Waals surface area contributed by atoms with Crippen LogP contribution in [-0.4, -0.2) is 66.1 Å². The summed E-state index contributed by atoms with van der Waals surface area (Å²) in [6.45, 7) is 4.76. The average Bonchev–Trinajstić information content (AvgIpc) is 2.77. The van der Waals surface area contributed by atoms with Gasteiger partial charge in [-0.15, -0.1) is 0 Å². The van der Waals surface area contributed by atoms with Gasteiger partial charge in [0.05, 0.1) is 28.9 Å². The Kier molecular flexibility index (Phi) is 4.96. The van der Waals surface area contributed by atoms with E-state index in [0.29, 0.717) is 54.8 Å². The van der Waals surface area contributed by atoms with Crippen molar-refractivity contribution in [3.8, 4) is 0 Å². The van der Waals surface area contributed by atoms with Gasteiger partial charge >= 0.3 is 0 Å². The van der Waals surface area contributed by atoms with Crippen molar-refractivity contribution in [2.75, 3.05) is 38.0 Å². The third-order valence-electron chi connectivity index (χ3n) is 5.84. The topological polar surface area (TPSA) is 95.5 Å². The third-order valence-corrected chi connectivity index (χ3v) is 7.75. The molecule has 0 aliphatic carbocycles. The molecule has 160 valence electrons. The molecule has 9 heteroatoms. The van der Waals surface area contributed by atoms with Gasteiger partial charge in [0, 0.05) is 31.7 Å². The predicted molar refractivity (Wildman–Crippen MR) is 118 cm³/mol. The number of aromatic nitrogens is 2. The lowest BCUT2D eigenvalue weighted by Crippen LogP contribution is -2.48. The van der Waals surface area contributed by atoms with Gasteiger partial charge in [-0.2, -0.15) is 4.31 Å². The molecule has 3 heterocycles. The van der Waals surface area contributed by atoms with E-state index in [0.717, 1.165) is 16.5 Å². The van der Waals surface area contributed by atoms with Crippen LogP contribution < -0.4 is 5.32 Å². The highest BCUT2D eigenvalue weighted by Gasteiger charge is 2.29. The maximum atomic E-state index is 12.9. The minimum atomic E-state index is -3.48. The van der Waals surface area contributed by atoms with E-state index >= 15 is 0 Å². The Bertz CT molecular complexity index is 1270. The molecule has 0 unspecified atom stereocenters. The van der Waals surface area contributed by atoms with E-state index in [2.05, 4.69) is 20.2 Å². The highest BCUT2D eigenvalue weighted by Crippen LogP contribution is 2.28. The fraction of sp³-hybridized carbons (Fsp3) is 0.318. The number of nitrogens with zero attached hydrogens (tertiary/aromatic N) is 4. The molecule has 0 spiro atoms. The number of hydrogen-bond donors (Lipinski definition) is 1. The van der Waals surface area contributed by atoms with Crippen LogP contribution in [0.25, 0.3) is 10.9 Å². The molecular weight excluding hydrogens is 414 g/mol. The molecule has 0 atom stereocenters. The van der Waals surface area contributed by atoms with Crippen LogP contribution in [0.15, 0.2) is 47.4 Å².